The number of halogens is 1. The number of aromatic nitrogens is 3. The van der Waals surface area contributed by atoms with Crippen LogP contribution >= 0.6 is 11.6 Å². The molecule has 0 unspecified atom stereocenters. The fourth-order valence-corrected chi connectivity index (χ4v) is 1.75. The van der Waals surface area contributed by atoms with E-state index in [-0.39, 0.29) is 17.6 Å². The Kier molecular flexibility index (Phi) is 3.41. The SMILES string of the molecule is Cc1cc(NC(=O)c2nnc(-c3ccc(Cl)cc3)o2)no1. The second-order valence-corrected chi connectivity index (χ2v) is 4.63. The smallest absolute Gasteiger partial charge is 0.314 e. The highest BCUT2D eigenvalue weighted by molar-refractivity contribution is 6.30. The summed E-state index contributed by atoms with van der Waals surface area (Å²) in [5.41, 5.74) is 0.670. The Morgan fingerprint density at radius 2 is 2.00 bits per heavy atom. The third-order valence-electron chi connectivity index (χ3n) is 2.58. The van der Waals surface area contributed by atoms with Crippen LogP contribution in [-0.4, -0.2) is 21.3 Å². The molecule has 2 heterocycles. The highest BCUT2D eigenvalue weighted by atomic mass is 35.5. The fraction of sp³-hybridized carbons (Fsp3) is 0.0769. The van der Waals surface area contributed by atoms with Gasteiger partial charge < -0.3 is 8.94 Å². The lowest BCUT2D eigenvalue weighted by Gasteiger charge is -1.95. The number of aryl methyl sites for hydroxylation is 1. The van der Waals surface area contributed by atoms with E-state index in [0.717, 1.165) is 0 Å². The Morgan fingerprint density at radius 1 is 1.24 bits per heavy atom. The van der Waals surface area contributed by atoms with Crippen molar-refractivity contribution in [1.82, 2.24) is 15.4 Å². The summed E-state index contributed by atoms with van der Waals surface area (Å²) in [6, 6.07) is 8.41. The largest absolute Gasteiger partial charge is 0.412 e. The summed E-state index contributed by atoms with van der Waals surface area (Å²) in [5.74, 6) is 0.367. The van der Waals surface area contributed by atoms with Gasteiger partial charge >= 0.3 is 11.8 Å². The highest BCUT2D eigenvalue weighted by Crippen LogP contribution is 2.20. The molecule has 0 bridgehead atoms. The molecule has 1 N–H and O–H groups in total. The molecule has 7 nitrogen and oxygen atoms in total. The zero-order chi connectivity index (χ0) is 14.8. The Balaban J connectivity index is 1.78. The van der Waals surface area contributed by atoms with E-state index in [9.17, 15) is 4.79 Å². The number of nitrogens with one attached hydrogen (secondary N) is 1. The van der Waals surface area contributed by atoms with Crippen molar-refractivity contribution in [2.75, 3.05) is 5.32 Å². The van der Waals surface area contributed by atoms with Crippen molar-refractivity contribution in [3.05, 3.63) is 47.0 Å². The van der Waals surface area contributed by atoms with E-state index in [4.69, 9.17) is 20.5 Å². The number of anilines is 1. The molecule has 21 heavy (non-hydrogen) atoms. The lowest BCUT2D eigenvalue weighted by molar-refractivity contribution is 0.0990. The average molecular weight is 305 g/mol. The van der Waals surface area contributed by atoms with E-state index in [1.165, 1.54) is 0 Å². The van der Waals surface area contributed by atoms with Gasteiger partial charge in [0.1, 0.15) is 5.76 Å². The van der Waals surface area contributed by atoms with Gasteiger partial charge in [-0.05, 0) is 31.2 Å². The molecule has 0 spiro atoms. The third-order valence-corrected chi connectivity index (χ3v) is 2.83. The molecule has 0 fully saturated rings. The van der Waals surface area contributed by atoms with Gasteiger partial charge in [0.05, 0.1) is 0 Å². The molecule has 106 valence electrons. The lowest BCUT2D eigenvalue weighted by atomic mass is 10.2. The summed E-state index contributed by atoms with van der Waals surface area (Å²) in [5, 5.41) is 14.2. The number of carbonyl (C=O) groups is 1. The van der Waals surface area contributed by atoms with Gasteiger partial charge in [-0.1, -0.05) is 16.8 Å². The molecule has 0 saturated heterocycles. The zero-order valence-corrected chi connectivity index (χ0v) is 11.6. The van der Waals surface area contributed by atoms with Crippen LogP contribution in [0.4, 0.5) is 5.82 Å². The summed E-state index contributed by atoms with van der Waals surface area (Å²) in [4.78, 5) is 11.9. The van der Waals surface area contributed by atoms with Crippen molar-refractivity contribution in [3.63, 3.8) is 0 Å². The second-order valence-electron chi connectivity index (χ2n) is 4.20. The Labute approximate surface area is 123 Å². The summed E-state index contributed by atoms with van der Waals surface area (Å²) >= 11 is 5.80. The van der Waals surface area contributed by atoms with Crippen molar-refractivity contribution in [2.24, 2.45) is 0 Å². The van der Waals surface area contributed by atoms with Crippen LogP contribution in [0.5, 0.6) is 0 Å². The topological polar surface area (TPSA) is 94.1 Å². The van der Waals surface area contributed by atoms with E-state index in [0.29, 0.717) is 16.3 Å². The van der Waals surface area contributed by atoms with E-state index >= 15 is 0 Å². The van der Waals surface area contributed by atoms with Crippen LogP contribution in [0.3, 0.4) is 0 Å². The standard InChI is InChI=1S/C13H9ClN4O3/c1-7-6-10(18-21-7)15-11(19)13-17-16-12(20-13)8-2-4-9(14)5-3-8/h2-6H,1H3,(H,15,18,19). The van der Waals surface area contributed by atoms with E-state index in [1.54, 1.807) is 37.3 Å². The predicted molar refractivity (Wildman–Crippen MR) is 73.9 cm³/mol. The molecule has 0 saturated carbocycles. The first-order valence-electron chi connectivity index (χ1n) is 5.96. The Hall–Kier alpha value is -2.67. The first kappa shape index (κ1) is 13.3. The van der Waals surface area contributed by atoms with Gasteiger partial charge in [-0.2, -0.15) is 0 Å². The van der Waals surface area contributed by atoms with Crippen LogP contribution in [0, 0.1) is 6.92 Å². The average Bonchev–Trinajstić information content (AvgIpc) is 3.09. The molecular weight excluding hydrogens is 296 g/mol. The van der Waals surface area contributed by atoms with Crippen molar-refractivity contribution < 1.29 is 13.7 Å². The molecule has 1 amide bonds. The summed E-state index contributed by atoms with van der Waals surface area (Å²) in [6.45, 7) is 1.72. The molecule has 0 radical (unpaired) electrons. The van der Waals surface area contributed by atoms with Crippen molar-refractivity contribution in [1.29, 1.82) is 0 Å². The number of hydrogen-bond acceptors (Lipinski definition) is 6. The predicted octanol–water partition coefficient (Wildman–Crippen LogP) is 2.94. The fourth-order valence-electron chi connectivity index (χ4n) is 1.62. The maximum Gasteiger partial charge on any atom is 0.314 e. The maximum atomic E-state index is 11.9. The van der Waals surface area contributed by atoms with Crippen LogP contribution in [0.15, 0.2) is 39.3 Å². The first-order chi connectivity index (χ1) is 10.1. The van der Waals surface area contributed by atoms with Gasteiger partial charge in [0.25, 0.3) is 0 Å². The van der Waals surface area contributed by atoms with Gasteiger partial charge in [0, 0.05) is 16.7 Å². The molecular formula is C13H9ClN4O3. The monoisotopic (exact) mass is 304 g/mol. The lowest BCUT2D eigenvalue weighted by Crippen LogP contribution is -2.12. The maximum absolute atomic E-state index is 11.9. The zero-order valence-electron chi connectivity index (χ0n) is 10.8. The molecule has 0 aliphatic rings. The Morgan fingerprint density at radius 3 is 2.67 bits per heavy atom. The van der Waals surface area contributed by atoms with Gasteiger partial charge in [0.2, 0.25) is 5.89 Å². The first-order valence-corrected chi connectivity index (χ1v) is 6.34. The number of carbonyl (C=O) groups excluding carboxylic acids is 1. The quantitative estimate of drug-likeness (QED) is 0.799. The molecule has 2 aromatic heterocycles. The minimum Gasteiger partial charge on any atom is -0.412 e. The molecule has 8 heteroatoms. The minimum atomic E-state index is -0.559. The molecule has 0 atom stereocenters. The third kappa shape index (κ3) is 2.92. The van der Waals surface area contributed by atoms with Gasteiger partial charge in [-0.15, -0.1) is 10.2 Å². The summed E-state index contributed by atoms with van der Waals surface area (Å²) in [6.07, 6.45) is 0. The minimum absolute atomic E-state index is 0.166. The van der Waals surface area contributed by atoms with Crippen LogP contribution in [0.1, 0.15) is 16.4 Å². The van der Waals surface area contributed by atoms with E-state index < -0.39 is 5.91 Å². The van der Waals surface area contributed by atoms with Crippen molar-refractivity contribution in [2.45, 2.75) is 6.92 Å². The van der Waals surface area contributed by atoms with E-state index in [1.807, 2.05) is 0 Å². The van der Waals surface area contributed by atoms with Crippen molar-refractivity contribution in [3.8, 4) is 11.5 Å². The van der Waals surface area contributed by atoms with Crippen LogP contribution < -0.4 is 5.32 Å². The number of hydrogen-bond donors (Lipinski definition) is 1. The Bertz CT molecular complexity index is 779. The van der Waals surface area contributed by atoms with Gasteiger partial charge in [-0.25, -0.2) is 0 Å². The molecule has 1 aromatic carbocycles. The van der Waals surface area contributed by atoms with Crippen LogP contribution in [-0.2, 0) is 0 Å². The van der Waals surface area contributed by atoms with Crippen LogP contribution in [0.2, 0.25) is 5.02 Å². The molecule has 0 aliphatic carbocycles. The molecule has 3 rings (SSSR count). The van der Waals surface area contributed by atoms with Gasteiger partial charge in [0.15, 0.2) is 5.82 Å². The molecule has 0 aliphatic heterocycles. The number of amides is 1. The van der Waals surface area contributed by atoms with Crippen molar-refractivity contribution >= 4 is 23.3 Å². The summed E-state index contributed by atoms with van der Waals surface area (Å²) in [7, 11) is 0. The number of rotatable bonds is 3. The molecule has 3 aromatic rings. The second kappa shape index (κ2) is 5.37. The number of benzene rings is 1. The highest BCUT2D eigenvalue weighted by Gasteiger charge is 2.17. The normalized spacial score (nSPS) is 10.6. The summed E-state index contributed by atoms with van der Waals surface area (Å²) < 4.78 is 10.2. The van der Waals surface area contributed by atoms with E-state index in [2.05, 4.69) is 20.7 Å². The van der Waals surface area contributed by atoms with Gasteiger partial charge in [-0.3, -0.25) is 10.1 Å². The number of nitrogens with zero attached hydrogens (tertiary/aromatic N) is 3. The van der Waals surface area contributed by atoms with Crippen LogP contribution in [0.25, 0.3) is 11.5 Å².